The number of hydrogen-bond donors (Lipinski definition) is 1. The van der Waals surface area contributed by atoms with Crippen molar-refractivity contribution in [1.29, 1.82) is 0 Å². The molecule has 0 aliphatic rings. The minimum atomic E-state index is -0.449. The van der Waals surface area contributed by atoms with Gasteiger partial charge in [0.15, 0.2) is 17.3 Å². The van der Waals surface area contributed by atoms with Gasteiger partial charge in [-0.05, 0) is 52.3 Å². The number of pyridine rings is 1. The van der Waals surface area contributed by atoms with Crippen molar-refractivity contribution >= 4 is 49.0 Å². The van der Waals surface area contributed by atoms with Crippen LogP contribution in [0.15, 0.2) is 52.3 Å². The smallest absolute Gasteiger partial charge is 0.251 e. The van der Waals surface area contributed by atoms with Crippen LogP contribution in [0.3, 0.4) is 0 Å². The third kappa shape index (κ3) is 4.85. The highest BCUT2D eigenvalue weighted by atomic mass is 79.9. The highest BCUT2D eigenvalue weighted by Crippen LogP contribution is 2.45. The quantitative estimate of drug-likeness (QED) is 0.287. The minimum absolute atomic E-state index is 0.135. The van der Waals surface area contributed by atoms with Gasteiger partial charge in [0.2, 0.25) is 0 Å². The van der Waals surface area contributed by atoms with E-state index in [4.69, 9.17) is 14.2 Å². The predicted octanol–water partition coefficient (Wildman–Crippen LogP) is 5.50. The number of nitrogens with zero attached hydrogens (tertiary/aromatic N) is 1. The van der Waals surface area contributed by atoms with E-state index < -0.39 is 11.7 Å². The van der Waals surface area contributed by atoms with Gasteiger partial charge in [-0.3, -0.25) is 9.59 Å². The molecule has 10 heteroatoms. The molecule has 0 unspecified atom stereocenters. The van der Waals surface area contributed by atoms with E-state index in [0.717, 1.165) is 0 Å². The van der Waals surface area contributed by atoms with Crippen LogP contribution in [0, 0.1) is 5.82 Å². The molecule has 0 bridgehead atoms. The summed E-state index contributed by atoms with van der Waals surface area (Å²) in [4.78, 5) is 30.0. The topological polar surface area (TPSA) is 86.8 Å². The molecule has 0 radical (unpaired) electrons. The number of benzene rings is 2. The molecule has 0 saturated carbocycles. The van der Waals surface area contributed by atoms with Crippen molar-refractivity contribution in [3.63, 3.8) is 0 Å². The fourth-order valence-corrected chi connectivity index (χ4v) is 5.37. The van der Waals surface area contributed by atoms with Crippen LogP contribution >= 0.6 is 27.3 Å². The van der Waals surface area contributed by atoms with Crippen molar-refractivity contribution in [3.05, 3.63) is 69.4 Å². The third-order valence-corrected chi connectivity index (χ3v) is 7.16. The molecular formula is C25H20BrFN2O5S. The predicted molar refractivity (Wildman–Crippen MR) is 135 cm³/mol. The number of amides is 1. The van der Waals surface area contributed by atoms with Crippen LogP contribution in [-0.4, -0.2) is 44.5 Å². The maximum absolute atomic E-state index is 14.3. The van der Waals surface area contributed by atoms with Crippen molar-refractivity contribution < 1.29 is 28.2 Å². The van der Waals surface area contributed by atoms with Gasteiger partial charge in [-0.15, -0.1) is 11.3 Å². The molecule has 1 N–H and O–H groups in total. The van der Waals surface area contributed by atoms with E-state index in [2.05, 4.69) is 26.2 Å². The number of methoxy groups -OCH3 is 3. The van der Waals surface area contributed by atoms with E-state index in [-0.39, 0.29) is 18.1 Å². The summed E-state index contributed by atoms with van der Waals surface area (Å²) in [6.07, 6.45) is 0. The van der Waals surface area contributed by atoms with Gasteiger partial charge in [0.25, 0.3) is 5.91 Å². The normalized spacial score (nSPS) is 10.8. The molecule has 4 aromatic rings. The minimum Gasteiger partial charge on any atom is -0.494 e. The molecule has 0 fully saturated rings. The van der Waals surface area contributed by atoms with Gasteiger partial charge >= 0.3 is 0 Å². The Kier molecular flexibility index (Phi) is 7.32. The van der Waals surface area contributed by atoms with E-state index in [0.29, 0.717) is 47.9 Å². The lowest BCUT2D eigenvalue weighted by atomic mass is 10.1. The highest BCUT2D eigenvalue weighted by Gasteiger charge is 2.21. The zero-order chi connectivity index (χ0) is 25.1. The second kappa shape index (κ2) is 10.4. The molecule has 0 atom stereocenters. The molecule has 0 aliphatic heterocycles. The number of rotatable bonds is 8. The van der Waals surface area contributed by atoms with Crippen LogP contribution in [-0.2, 0) is 0 Å². The van der Waals surface area contributed by atoms with E-state index in [1.807, 2.05) is 0 Å². The zero-order valence-electron chi connectivity index (χ0n) is 19.0. The van der Waals surface area contributed by atoms with Crippen LogP contribution in [0.2, 0.25) is 0 Å². The summed E-state index contributed by atoms with van der Waals surface area (Å²) in [5.74, 6) is 0.128. The SMILES string of the molecule is COc1ccc(C(=O)NCC(=O)c2ccc(OC)c(-c3c(Br)sc4c(F)cccc34)n2)cc1OC. The van der Waals surface area contributed by atoms with Gasteiger partial charge in [0, 0.05) is 16.5 Å². The Bertz CT molecular complexity index is 1440. The van der Waals surface area contributed by atoms with Crippen molar-refractivity contribution in [2.45, 2.75) is 0 Å². The number of aromatic nitrogens is 1. The number of halogens is 2. The molecule has 7 nitrogen and oxygen atoms in total. The second-order valence-electron chi connectivity index (χ2n) is 7.29. The van der Waals surface area contributed by atoms with Crippen LogP contribution in [0.4, 0.5) is 4.39 Å². The maximum atomic E-state index is 14.3. The average Bonchev–Trinajstić information content (AvgIpc) is 3.23. The molecule has 2 aromatic carbocycles. The summed E-state index contributed by atoms with van der Waals surface area (Å²) in [6.45, 7) is -0.272. The first kappa shape index (κ1) is 24.6. The van der Waals surface area contributed by atoms with Gasteiger partial charge in [0.1, 0.15) is 23.0 Å². The molecule has 4 rings (SSSR count). The van der Waals surface area contributed by atoms with Gasteiger partial charge in [-0.25, -0.2) is 9.37 Å². The van der Waals surface area contributed by atoms with Crippen molar-refractivity contribution in [2.75, 3.05) is 27.9 Å². The maximum Gasteiger partial charge on any atom is 0.251 e. The summed E-state index contributed by atoms with van der Waals surface area (Å²) >= 11 is 4.73. The Morgan fingerprint density at radius 1 is 1.00 bits per heavy atom. The molecule has 1 amide bonds. The van der Waals surface area contributed by atoms with Gasteiger partial charge in [0.05, 0.1) is 36.4 Å². The third-order valence-electron chi connectivity index (χ3n) is 5.28. The zero-order valence-corrected chi connectivity index (χ0v) is 21.4. The molecule has 0 spiro atoms. The van der Waals surface area contributed by atoms with Crippen molar-refractivity contribution in [3.8, 4) is 28.5 Å². The standard InChI is InChI=1S/C25H20BrFN2O5S/c1-32-18-9-7-13(11-20(18)34-3)25(31)28-12-17(30)16-8-10-19(33-2)22(29-16)21-14-5-4-6-15(27)23(14)35-24(21)26/h4-11H,12H2,1-3H3,(H,28,31). The average molecular weight is 559 g/mol. The molecule has 2 heterocycles. The van der Waals surface area contributed by atoms with Crippen molar-refractivity contribution in [1.82, 2.24) is 10.3 Å². The Balaban J connectivity index is 1.60. The van der Waals surface area contributed by atoms with Gasteiger partial charge < -0.3 is 19.5 Å². The number of ether oxygens (including phenoxy) is 3. The monoisotopic (exact) mass is 558 g/mol. The molecule has 180 valence electrons. The summed E-state index contributed by atoms with van der Waals surface area (Å²) in [5.41, 5.74) is 1.48. The number of nitrogens with one attached hydrogen (secondary N) is 1. The Labute approximate surface area is 213 Å². The molecule has 0 aliphatic carbocycles. The van der Waals surface area contributed by atoms with Crippen LogP contribution in [0.25, 0.3) is 21.3 Å². The summed E-state index contributed by atoms with van der Waals surface area (Å²) in [7, 11) is 4.47. The number of fused-ring (bicyclic) bond motifs is 1. The van der Waals surface area contributed by atoms with Crippen LogP contribution < -0.4 is 19.5 Å². The lowest BCUT2D eigenvalue weighted by Gasteiger charge is -2.11. The first-order valence-corrected chi connectivity index (χ1v) is 11.9. The summed E-state index contributed by atoms with van der Waals surface area (Å²) < 4.78 is 31.3. The fraction of sp³-hybridized carbons (Fsp3) is 0.160. The number of Topliss-reactive ketones (excluding diaryl/α,β-unsaturated/α-hetero) is 1. The number of carbonyl (C=O) groups excluding carboxylic acids is 2. The summed E-state index contributed by atoms with van der Waals surface area (Å²) in [6, 6.07) is 12.7. The molecule has 35 heavy (non-hydrogen) atoms. The fourth-order valence-electron chi connectivity index (χ4n) is 3.55. The molecule has 0 saturated heterocycles. The Hall–Kier alpha value is -3.50. The highest BCUT2D eigenvalue weighted by molar-refractivity contribution is 9.11. The Morgan fingerprint density at radius 3 is 2.43 bits per heavy atom. The number of carbonyl (C=O) groups is 2. The number of ketones is 1. The van der Waals surface area contributed by atoms with E-state index in [9.17, 15) is 14.0 Å². The Morgan fingerprint density at radius 2 is 1.71 bits per heavy atom. The first-order chi connectivity index (χ1) is 16.9. The van der Waals surface area contributed by atoms with Crippen LogP contribution in [0.1, 0.15) is 20.8 Å². The van der Waals surface area contributed by atoms with E-state index in [1.165, 1.54) is 50.9 Å². The summed E-state index contributed by atoms with van der Waals surface area (Å²) in [5, 5.41) is 3.26. The van der Waals surface area contributed by atoms with Crippen LogP contribution in [0.5, 0.6) is 17.2 Å². The molecular weight excluding hydrogens is 539 g/mol. The number of hydrogen-bond acceptors (Lipinski definition) is 7. The van der Waals surface area contributed by atoms with E-state index >= 15 is 0 Å². The number of thiophene rings is 1. The second-order valence-corrected chi connectivity index (χ2v) is 9.63. The van der Waals surface area contributed by atoms with Gasteiger partial charge in [-0.1, -0.05) is 12.1 Å². The molecule has 2 aromatic heterocycles. The van der Waals surface area contributed by atoms with Gasteiger partial charge in [-0.2, -0.15) is 0 Å². The lowest BCUT2D eigenvalue weighted by Crippen LogP contribution is -2.30. The largest absolute Gasteiger partial charge is 0.494 e. The van der Waals surface area contributed by atoms with E-state index in [1.54, 1.807) is 30.3 Å². The van der Waals surface area contributed by atoms with Crippen molar-refractivity contribution in [2.24, 2.45) is 0 Å². The first-order valence-electron chi connectivity index (χ1n) is 10.3. The lowest BCUT2D eigenvalue weighted by molar-refractivity contribution is 0.0902.